The van der Waals surface area contributed by atoms with Crippen LogP contribution in [0.1, 0.15) is 50.5 Å². The zero-order valence-corrected chi connectivity index (χ0v) is 26.6. The van der Waals surface area contributed by atoms with Crippen molar-refractivity contribution in [3.05, 3.63) is 47.7 Å². The van der Waals surface area contributed by atoms with E-state index in [-0.39, 0.29) is 40.1 Å². The largest absolute Gasteiger partial charge is 0.508 e. The number of ether oxygens (including phenoxy) is 2. The first-order chi connectivity index (χ1) is 22.9. The molecule has 248 valence electrons. The summed E-state index contributed by atoms with van der Waals surface area (Å²) >= 11 is 0. The van der Waals surface area contributed by atoms with E-state index in [1.807, 2.05) is 4.90 Å². The highest BCUT2D eigenvalue weighted by Gasteiger charge is 2.45. The van der Waals surface area contributed by atoms with Gasteiger partial charge in [0.1, 0.15) is 35.2 Å². The van der Waals surface area contributed by atoms with Gasteiger partial charge in [-0.3, -0.25) is 14.7 Å². The van der Waals surface area contributed by atoms with E-state index < -0.39 is 11.6 Å². The van der Waals surface area contributed by atoms with Gasteiger partial charge in [-0.25, -0.2) is 8.78 Å². The fraction of sp³-hybridized carbons (Fsp3) is 0.486. The van der Waals surface area contributed by atoms with Crippen LogP contribution >= 0.6 is 0 Å². The van der Waals surface area contributed by atoms with Crippen molar-refractivity contribution in [1.82, 2.24) is 25.2 Å². The van der Waals surface area contributed by atoms with Crippen LogP contribution in [0.4, 0.5) is 14.6 Å². The molecule has 0 aliphatic carbocycles. The number of rotatable bonds is 11. The summed E-state index contributed by atoms with van der Waals surface area (Å²) in [7, 11) is 1.59. The fourth-order valence-corrected chi connectivity index (χ4v) is 7.90. The third-order valence-corrected chi connectivity index (χ3v) is 10.1. The number of nitrogens with one attached hydrogen (secondary N) is 1. The smallest absolute Gasteiger partial charge is 0.319 e. The highest BCUT2D eigenvalue weighted by molar-refractivity contribution is 6.01. The van der Waals surface area contributed by atoms with E-state index in [0.717, 1.165) is 51.6 Å². The maximum absolute atomic E-state index is 16.9. The van der Waals surface area contributed by atoms with E-state index in [1.165, 1.54) is 24.4 Å². The number of carbonyl (C=O) groups is 1. The van der Waals surface area contributed by atoms with Crippen LogP contribution in [0.5, 0.6) is 11.8 Å². The summed E-state index contributed by atoms with van der Waals surface area (Å²) in [5.74, 6) is -0.733. The van der Waals surface area contributed by atoms with Gasteiger partial charge in [0.15, 0.2) is 5.82 Å². The number of halogens is 2. The molecule has 7 rings (SSSR count). The molecule has 2 aromatic carbocycles. The van der Waals surface area contributed by atoms with Gasteiger partial charge in [-0.15, -0.1) is 0 Å². The molecule has 5 heterocycles. The lowest BCUT2D eigenvalue weighted by Gasteiger charge is -2.34. The van der Waals surface area contributed by atoms with Gasteiger partial charge in [-0.05, 0) is 99.0 Å². The molecule has 0 saturated carbocycles. The number of methoxy groups -OCH3 is 1. The predicted octanol–water partition coefficient (Wildman–Crippen LogP) is 5.13. The predicted molar refractivity (Wildman–Crippen MR) is 175 cm³/mol. The second-order valence-electron chi connectivity index (χ2n) is 13.0. The number of fused-ring (bicyclic) bond motifs is 3. The Labute approximate surface area is 272 Å². The number of phenolic OH excluding ortho intramolecular Hbond substituents is 1. The molecule has 47 heavy (non-hydrogen) atoms. The maximum atomic E-state index is 16.9. The van der Waals surface area contributed by atoms with Crippen molar-refractivity contribution in [1.29, 1.82) is 0 Å². The molecular weight excluding hydrogens is 606 g/mol. The lowest BCUT2D eigenvalue weighted by atomic mass is 9.93. The van der Waals surface area contributed by atoms with E-state index in [1.54, 1.807) is 13.2 Å². The summed E-state index contributed by atoms with van der Waals surface area (Å²) < 4.78 is 43.8. The van der Waals surface area contributed by atoms with Crippen molar-refractivity contribution in [2.24, 2.45) is 0 Å². The van der Waals surface area contributed by atoms with Crippen molar-refractivity contribution in [2.75, 3.05) is 51.4 Å². The quantitative estimate of drug-likeness (QED) is 0.169. The molecule has 1 amide bonds. The highest BCUT2D eigenvalue weighted by Crippen LogP contribution is 2.41. The Morgan fingerprint density at radius 1 is 1.13 bits per heavy atom. The van der Waals surface area contributed by atoms with Crippen LogP contribution < -0.4 is 15.0 Å². The second kappa shape index (κ2) is 13.2. The maximum Gasteiger partial charge on any atom is 0.319 e. The number of hydrogen-bond acceptors (Lipinski definition) is 9. The van der Waals surface area contributed by atoms with E-state index in [2.05, 4.69) is 20.2 Å². The molecule has 12 heteroatoms. The van der Waals surface area contributed by atoms with Gasteiger partial charge in [-0.1, -0.05) is 6.07 Å². The van der Waals surface area contributed by atoms with Crippen molar-refractivity contribution in [3.63, 3.8) is 0 Å². The van der Waals surface area contributed by atoms with Gasteiger partial charge >= 0.3 is 6.01 Å². The van der Waals surface area contributed by atoms with E-state index in [9.17, 15) is 9.90 Å². The summed E-state index contributed by atoms with van der Waals surface area (Å²) in [5, 5.41) is 15.0. The Morgan fingerprint density at radius 3 is 2.74 bits per heavy atom. The summed E-state index contributed by atoms with van der Waals surface area (Å²) in [5.41, 5.74) is 0.592. The highest BCUT2D eigenvalue weighted by atomic mass is 19.1. The topological polar surface area (TPSA) is 113 Å². The first-order valence-electron chi connectivity index (χ1n) is 16.5. The van der Waals surface area contributed by atoms with Gasteiger partial charge in [0.25, 0.3) is 0 Å². The van der Waals surface area contributed by atoms with Crippen LogP contribution in [0.2, 0.25) is 0 Å². The first-order valence-corrected chi connectivity index (χ1v) is 16.5. The van der Waals surface area contributed by atoms with E-state index in [0.29, 0.717) is 73.1 Å². The summed E-state index contributed by atoms with van der Waals surface area (Å²) in [6.07, 6.45) is 9.10. The third-order valence-electron chi connectivity index (χ3n) is 10.1. The number of nitrogens with zero attached hydrogens (tertiary/aromatic N) is 5. The summed E-state index contributed by atoms with van der Waals surface area (Å²) in [6.45, 7) is 4.09. The minimum Gasteiger partial charge on any atom is -0.508 e. The van der Waals surface area contributed by atoms with Gasteiger partial charge in [0.05, 0.1) is 10.9 Å². The van der Waals surface area contributed by atoms with Crippen LogP contribution in [-0.2, 0) is 16.0 Å². The number of piperidine rings is 1. The number of carbonyl (C=O) groups excluding carboxylic acids is 1. The SMILES string of the molecule is COCCCc1c(F)ccc2cc(O)cc(-c3ncc4c(N5CCCC(NC=O)C5)nc(OCC56CCCN5CCC6)nc4c3F)c12. The lowest BCUT2D eigenvalue weighted by molar-refractivity contribution is -0.110. The molecule has 10 nitrogen and oxygen atoms in total. The zero-order valence-electron chi connectivity index (χ0n) is 26.6. The second-order valence-corrected chi connectivity index (χ2v) is 13.0. The molecule has 3 fully saturated rings. The minimum absolute atomic E-state index is 0.0292. The lowest BCUT2D eigenvalue weighted by Crippen LogP contribution is -2.46. The number of aryl methyl sites for hydroxylation is 1. The molecule has 2 aromatic heterocycles. The molecular formula is C35H40F2N6O4. The number of amides is 1. The molecule has 3 aliphatic rings. The molecule has 4 aromatic rings. The Hall–Kier alpha value is -4.16. The molecule has 1 atom stereocenters. The summed E-state index contributed by atoms with van der Waals surface area (Å²) in [6, 6.07) is 5.90. The third kappa shape index (κ3) is 5.93. The number of aromatic hydroxyl groups is 1. The number of pyridine rings is 1. The number of anilines is 1. The molecule has 0 spiro atoms. The Balaban J connectivity index is 1.36. The number of phenols is 1. The van der Waals surface area contributed by atoms with Crippen molar-refractivity contribution >= 4 is 33.9 Å². The first kappa shape index (κ1) is 31.4. The number of benzene rings is 2. The van der Waals surface area contributed by atoms with Crippen molar-refractivity contribution < 1.29 is 28.2 Å². The van der Waals surface area contributed by atoms with Crippen LogP contribution in [0, 0.1) is 11.6 Å². The minimum atomic E-state index is -0.712. The van der Waals surface area contributed by atoms with Crippen molar-refractivity contribution in [3.8, 4) is 23.0 Å². The van der Waals surface area contributed by atoms with Gasteiger partial charge in [0.2, 0.25) is 6.41 Å². The molecule has 0 bridgehead atoms. The van der Waals surface area contributed by atoms with Crippen LogP contribution in [0.15, 0.2) is 30.5 Å². The molecule has 0 radical (unpaired) electrons. The average Bonchev–Trinajstić information content (AvgIpc) is 3.66. The Morgan fingerprint density at radius 2 is 1.96 bits per heavy atom. The van der Waals surface area contributed by atoms with Gasteiger partial charge < -0.3 is 24.8 Å². The van der Waals surface area contributed by atoms with Crippen LogP contribution in [0.3, 0.4) is 0 Å². The van der Waals surface area contributed by atoms with E-state index >= 15 is 8.78 Å². The zero-order chi connectivity index (χ0) is 32.5. The standard InChI is InChI=1S/C35H40F2N6O4/c1-46-15-3-7-25-28(36)9-8-22-16-24(45)17-26(29(22)25)31-30(37)32-27(18-38-31)33(42-12-2-6-23(19-42)39-21-44)41-34(40-32)47-20-35-10-4-13-43(35)14-5-11-35/h8-9,16-18,21,23,45H,2-7,10-15,19-20H2,1H3,(H,39,44). The van der Waals surface area contributed by atoms with Crippen LogP contribution in [-0.4, -0.2) is 89.5 Å². The van der Waals surface area contributed by atoms with Crippen molar-refractivity contribution in [2.45, 2.75) is 62.9 Å². The molecule has 1 unspecified atom stereocenters. The van der Waals surface area contributed by atoms with Gasteiger partial charge in [0, 0.05) is 44.6 Å². The molecule has 3 saturated heterocycles. The van der Waals surface area contributed by atoms with Gasteiger partial charge in [-0.2, -0.15) is 9.97 Å². The fourth-order valence-electron chi connectivity index (χ4n) is 7.90. The summed E-state index contributed by atoms with van der Waals surface area (Å²) in [4.78, 5) is 29.8. The monoisotopic (exact) mass is 646 g/mol. The molecule has 2 N–H and O–H groups in total. The number of aromatic nitrogens is 3. The Bertz CT molecular complexity index is 1800. The normalized spacial score (nSPS) is 19.4. The van der Waals surface area contributed by atoms with Crippen LogP contribution in [0.25, 0.3) is 32.9 Å². The Kier molecular flexibility index (Phi) is 8.80. The number of hydrogen-bond donors (Lipinski definition) is 2. The average molecular weight is 647 g/mol. The van der Waals surface area contributed by atoms with E-state index in [4.69, 9.17) is 14.5 Å². The molecule has 3 aliphatic heterocycles.